The third kappa shape index (κ3) is 4.92. The molecule has 0 aliphatic heterocycles. The fourth-order valence-electron chi connectivity index (χ4n) is 4.59. The first kappa shape index (κ1) is 23.5. The van der Waals surface area contributed by atoms with E-state index in [-0.39, 0.29) is 18.1 Å². The number of hydrogen-bond donors (Lipinski definition) is 3. The maximum absolute atomic E-state index is 14.1. The van der Waals surface area contributed by atoms with Crippen LogP contribution in [0.4, 0.5) is 10.3 Å². The average Bonchev–Trinajstić information content (AvgIpc) is 3.24. The summed E-state index contributed by atoms with van der Waals surface area (Å²) in [5.74, 6) is 5.77. The van der Waals surface area contributed by atoms with Crippen LogP contribution in [0.25, 0.3) is 16.7 Å². The Labute approximate surface area is 208 Å². The molecule has 0 unspecified atom stereocenters. The first-order chi connectivity index (χ1) is 17.4. The number of amides is 1. The van der Waals surface area contributed by atoms with E-state index in [1.165, 1.54) is 18.2 Å². The Kier molecular flexibility index (Phi) is 6.40. The van der Waals surface area contributed by atoms with Gasteiger partial charge in [0.15, 0.2) is 0 Å². The largest absolute Gasteiger partial charge is 0.378 e. The highest BCUT2D eigenvalue weighted by Crippen LogP contribution is 2.28. The summed E-state index contributed by atoms with van der Waals surface area (Å²) in [6.45, 7) is 0.131. The number of carbonyl (C=O) groups excluding carboxylic acids is 1. The molecule has 0 atom stereocenters. The predicted molar refractivity (Wildman–Crippen MR) is 136 cm³/mol. The fraction of sp³-hybridized carbons (Fsp3) is 0.250. The van der Waals surface area contributed by atoms with Crippen LogP contribution in [0.5, 0.6) is 0 Å². The van der Waals surface area contributed by atoms with Gasteiger partial charge < -0.3 is 16.2 Å². The Morgan fingerprint density at radius 2 is 1.94 bits per heavy atom. The van der Waals surface area contributed by atoms with Crippen molar-refractivity contribution in [1.29, 1.82) is 0 Å². The molecule has 7 nitrogen and oxygen atoms in total. The summed E-state index contributed by atoms with van der Waals surface area (Å²) in [5.41, 5.74) is 7.17. The van der Waals surface area contributed by atoms with Crippen LogP contribution in [0.1, 0.15) is 53.7 Å². The Hall–Kier alpha value is -4.22. The van der Waals surface area contributed by atoms with Gasteiger partial charge in [-0.3, -0.25) is 9.36 Å². The minimum Gasteiger partial charge on any atom is -0.378 e. The molecule has 2 aromatic heterocycles. The third-order valence-corrected chi connectivity index (χ3v) is 6.44. The van der Waals surface area contributed by atoms with Crippen LogP contribution in [0.15, 0.2) is 60.8 Å². The van der Waals surface area contributed by atoms with E-state index in [1.54, 1.807) is 18.3 Å². The van der Waals surface area contributed by atoms with Crippen molar-refractivity contribution in [2.45, 2.75) is 44.2 Å². The zero-order valence-corrected chi connectivity index (χ0v) is 19.7. The minimum absolute atomic E-state index is 0.0235. The molecule has 182 valence electrons. The number of nitrogens with one attached hydrogen (secondary N) is 1. The van der Waals surface area contributed by atoms with Gasteiger partial charge in [0.2, 0.25) is 5.95 Å². The molecule has 0 saturated heterocycles. The van der Waals surface area contributed by atoms with Crippen LogP contribution < -0.4 is 11.1 Å². The number of carbonyl (C=O) groups is 1. The number of halogens is 1. The van der Waals surface area contributed by atoms with E-state index in [4.69, 9.17) is 5.73 Å². The van der Waals surface area contributed by atoms with Crippen molar-refractivity contribution >= 4 is 22.8 Å². The van der Waals surface area contributed by atoms with Crippen molar-refractivity contribution in [2.75, 3.05) is 5.73 Å². The topological polar surface area (TPSA) is 106 Å². The maximum atomic E-state index is 14.1. The molecule has 2 heterocycles. The second-order valence-electron chi connectivity index (χ2n) is 9.02. The molecular weight excluding hydrogens is 457 g/mol. The number of hydrogen-bond acceptors (Lipinski definition) is 5. The molecule has 0 bridgehead atoms. The normalized spacial score (nSPS) is 14.7. The van der Waals surface area contributed by atoms with Crippen LogP contribution in [0.3, 0.4) is 0 Å². The van der Waals surface area contributed by atoms with Crippen molar-refractivity contribution < 1.29 is 14.3 Å². The van der Waals surface area contributed by atoms with Crippen LogP contribution in [-0.2, 0) is 6.54 Å². The average molecular weight is 484 g/mol. The van der Waals surface area contributed by atoms with E-state index < -0.39 is 17.3 Å². The molecule has 4 N–H and O–H groups in total. The van der Waals surface area contributed by atoms with Gasteiger partial charge in [-0.15, -0.1) is 0 Å². The minimum atomic E-state index is -0.946. The molecule has 1 amide bonds. The number of nitrogens with two attached hydrogens (primary N) is 1. The van der Waals surface area contributed by atoms with Crippen molar-refractivity contribution in [3.63, 3.8) is 0 Å². The molecule has 1 fully saturated rings. The SMILES string of the molecule is Nc1nccc(-n2c(CNC(=O)c3ccccc3F)cc3ccc(C#CC4(O)CCCCC4)cc32)n1. The van der Waals surface area contributed by atoms with Crippen molar-refractivity contribution in [1.82, 2.24) is 19.9 Å². The zero-order chi connectivity index (χ0) is 25.1. The molecule has 8 heteroatoms. The van der Waals surface area contributed by atoms with E-state index >= 15 is 0 Å². The molecule has 2 aromatic carbocycles. The number of anilines is 1. The number of nitrogens with zero attached hydrogens (tertiary/aromatic N) is 3. The van der Waals surface area contributed by atoms with E-state index in [0.717, 1.165) is 41.4 Å². The van der Waals surface area contributed by atoms with Gasteiger partial charge in [0.25, 0.3) is 5.91 Å². The summed E-state index contributed by atoms with van der Waals surface area (Å²) in [5, 5.41) is 14.5. The number of nitrogen functional groups attached to an aromatic ring is 1. The van der Waals surface area contributed by atoms with Gasteiger partial charge in [0.05, 0.1) is 17.6 Å². The number of rotatable bonds is 4. The van der Waals surface area contributed by atoms with Gasteiger partial charge in [-0.1, -0.05) is 36.5 Å². The summed E-state index contributed by atoms with van der Waals surface area (Å²) < 4.78 is 15.9. The summed E-state index contributed by atoms with van der Waals surface area (Å²) in [4.78, 5) is 21.0. The number of fused-ring (bicyclic) bond motifs is 1. The van der Waals surface area contributed by atoms with Crippen molar-refractivity contribution in [3.8, 4) is 17.7 Å². The van der Waals surface area contributed by atoms with Crippen LogP contribution in [0.2, 0.25) is 0 Å². The van der Waals surface area contributed by atoms with Gasteiger partial charge in [0.1, 0.15) is 17.2 Å². The lowest BCUT2D eigenvalue weighted by molar-refractivity contribution is 0.0610. The van der Waals surface area contributed by atoms with Crippen LogP contribution in [-0.4, -0.2) is 31.1 Å². The molecule has 0 spiro atoms. The van der Waals surface area contributed by atoms with Gasteiger partial charge >= 0.3 is 0 Å². The Morgan fingerprint density at radius 1 is 1.14 bits per heavy atom. The second-order valence-corrected chi connectivity index (χ2v) is 9.02. The Bertz CT molecular complexity index is 1490. The summed E-state index contributed by atoms with van der Waals surface area (Å²) >= 11 is 0. The molecule has 4 aromatic rings. The lowest BCUT2D eigenvalue weighted by Gasteiger charge is -2.26. The van der Waals surface area contributed by atoms with Crippen molar-refractivity contribution in [3.05, 3.63) is 83.4 Å². The monoisotopic (exact) mass is 483 g/mol. The van der Waals surface area contributed by atoms with Gasteiger partial charge in [0, 0.05) is 22.8 Å². The second kappa shape index (κ2) is 9.80. The van der Waals surface area contributed by atoms with Gasteiger partial charge in [-0.2, -0.15) is 4.98 Å². The first-order valence-electron chi connectivity index (χ1n) is 11.9. The van der Waals surface area contributed by atoms with Gasteiger partial charge in [-0.05, 0) is 62.1 Å². The summed E-state index contributed by atoms with van der Waals surface area (Å²) in [6, 6.07) is 15.3. The van der Waals surface area contributed by atoms with Gasteiger partial charge in [-0.25, -0.2) is 9.37 Å². The number of benzene rings is 2. The molecule has 36 heavy (non-hydrogen) atoms. The molecule has 5 rings (SSSR count). The fourth-order valence-corrected chi connectivity index (χ4v) is 4.59. The van der Waals surface area contributed by atoms with E-state index in [0.29, 0.717) is 18.7 Å². The zero-order valence-electron chi connectivity index (χ0n) is 19.7. The molecule has 1 aliphatic rings. The highest BCUT2D eigenvalue weighted by Gasteiger charge is 2.26. The molecular formula is C28H26FN5O2. The summed E-state index contributed by atoms with van der Waals surface area (Å²) in [7, 11) is 0. The Balaban J connectivity index is 1.52. The molecule has 1 aliphatic carbocycles. The predicted octanol–water partition coefficient (Wildman–Crippen LogP) is 4.12. The third-order valence-electron chi connectivity index (χ3n) is 6.44. The van der Waals surface area contributed by atoms with E-state index in [1.807, 2.05) is 28.8 Å². The molecule has 0 radical (unpaired) electrons. The summed E-state index contributed by atoms with van der Waals surface area (Å²) in [6.07, 6.45) is 6.01. The standard InChI is InChI=1S/C28H26FN5O2/c29-23-7-3-2-6-22(23)26(35)32-18-21-17-20-9-8-19(10-14-28(36)12-4-1-5-13-28)16-24(20)34(21)25-11-15-31-27(30)33-25/h2-3,6-9,11,15-17,36H,1,4-5,12-13,18H2,(H,32,35)(H2,30,31,33). The maximum Gasteiger partial charge on any atom is 0.254 e. The van der Waals surface area contributed by atoms with Crippen LogP contribution in [0, 0.1) is 17.7 Å². The number of aliphatic hydroxyl groups is 1. The molecule has 1 saturated carbocycles. The Morgan fingerprint density at radius 3 is 2.72 bits per heavy atom. The quantitative estimate of drug-likeness (QED) is 0.379. The number of aromatic nitrogens is 3. The van der Waals surface area contributed by atoms with E-state index in [2.05, 4.69) is 27.1 Å². The van der Waals surface area contributed by atoms with E-state index in [9.17, 15) is 14.3 Å². The van der Waals surface area contributed by atoms with Crippen molar-refractivity contribution in [2.24, 2.45) is 0 Å². The highest BCUT2D eigenvalue weighted by molar-refractivity contribution is 5.94. The smallest absolute Gasteiger partial charge is 0.254 e. The highest BCUT2D eigenvalue weighted by atomic mass is 19.1. The van der Waals surface area contributed by atoms with Crippen LogP contribution >= 0.6 is 0 Å². The lowest BCUT2D eigenvalue weighted by atomic mass is 9.85. The lowest BCUT2D eigenvalue weighted by Crippen LogP contribution is -2.29. The first-order valence-corrected chi connectivity index (χ1v) is 11.9.